The van der Waals surface area contributed by atoms with Crippen molar-refractivity contribution >= 4 is 35.6 Å². The van der Waals surface area contributed by atoms with Crippen LogP contribution in [0, 0.1) is 6.92 Å². The zero-order chi connectivity index (χ0) is 22.1. The van der Waals surface area contributed by atoms with Crippen molar-refractivity contribution in [2.24, 2.45) is 4.99 Å². The first-order valence-electron chi connectivity index (χ1n) is 10.9. The van der Waals surface area contributed by atoms with E-state index >= 15 is 0 Å². The molecule has 0 saturated carbocycles. The van der Waals surface area contributed by atoms with Crippen molar-refractivity contribution < 1.29 is 18.6 Å². The molecule has 8 nitrogen and oxygen atoms in total. The summed E-state index contributed by atoms with van der Waals surface area (Å²) < 4.78 is 22.6. The molecule has 1 aromatic carbocycles. The highest BCUT2D eigenvalue weighted by molar-refractivity contribution is 14.0. The fraction of sp³-hybridized carbons (Fsp3) is 0.522. The van der Waals surface area contributed by atoms with Crippen LogP contribution >= 0.6 is 24.0 Å². The minimum Gasteiger partial charge on any atom is -0.493 e. The highest BCUT2D eigenvalue weighted by Gasteiger charge is 2.25. The molecule has 1 saturated heterocycles. The molecule has 2 aromatic rings. The third-order valence-electron chi connectivity index (χ3n) is 5.07. The van der Waals surface area contributed by atoms with Crippen LogP contribution in [0.5, 0.6) is 11.5 Å². The van der Waals surface area contributed by atoms with Gasteiger partial charge in [-0.25, -0.2) is 0 Å². The molecular formula is C23H35IN4O4. The minimum absolute atomic E-state index is 0. The van der Waals surface area contributed by atoms with Gasteiger partial charge in [-0.3, -0.25) is 9.89 Å². The van der Waals surface area contributed by atoms with Crippen LogP contribution in [-0.4, -0.2) is 64.0 Å². The van der Waals surface area contributed by atoms with Crippen molar-refractivity contribution in [2.75, 3.05) is 58.4 Å². The molecule has 1 fully saturated rings. The van der Waals surface area contributed by atoms with Crippen molar-refractivity contribution in [3.05, 3.63) is 41.9 Å². The number of anilines is 1. The lowest BCUT2D eigenvalue weighted by Crippen LogP contribution is -2.40. The maximum Gasteiger partial charge on any atom is 0.195 e. The van der Waals surface area contributed by atoms with Crippen molar-refractivity contribution in [3.63, 3.8) is 0 Å². The van der Waals surface area contributed by atoms with E-state index in [1.165, 1.54) is 0 Å². The topological polar surface area (TPSA) is 80.5 Å². The minimum atomic E-state index is 0. The lowest BCUT2D eigenvalue weighted by molar-refractivity contribution is 0.0135. The first-order chi connectivity index (χ1) is 15.1. The Labute approximate surface area is 207 Å². The number of morpholine rings is 1. The number of methoxy groups -OCH3 is 1. The molecule has 32 heavy (non-hydrogen) atoms. The van der Waals surface area contributed by atoms with E-state index in [9.17, 15) is 0 Å². The molecule has 0 bridgehead atoms. The van der Waals surface area contributed by atoms with E-state index in [2.05, 4.69) is 15.5 Å². The van der Waals surface area contributed by atoms with E-state index < -0.39 is 0 Å². The van der Waals surface area contributed by atoms with Gasteiger partial charge in [0, 0.05) is 31.4 Å². The van der Waals surface area contributed by atoms with Crippen LogP contribution in [0.4, 0.5) is 5.69 Å². The largest absolute Gasteiger partial charge is 0.493 e. The van der Waals surface area contributed by atoms with E-state index in [0.29, 0.717) is 24.9 Å². The fourth-order valence-corrected chi connectivity index (χ4v) is 3.55. The average molecular weight is 558 g/mol. The molecule has 3 rings (SSSR count). The van der Waals surface area contributed by atoms with E-state index in [-0.39, 0.29) is 30.0 Å². The Balaban J connectivity index is 0.00000363. The number of aryl methyl sites for hydroxylation is 1. The highest BCUT2D eigenvalue weighted by Crippen LogP contribution is 2.30. The van der Waals surface area contributed by atoms with Gasteiger partial charge >= 0.3 is 0 Å². The summed E-state index contributed by atoms with van der Waals surface area (Å²) in [5.41, 5.74) is 0.872. The number of rotatable bonds is 9. The summed E-state index contributed by atoms with van der Waals surface area (Å²) in [6, 6.07) is 9.87. The van der Waals surface area contributed by atoms with Gasteiger partial charge < -0.3 is 29.3 Å². The molecule has 2 N–H and O–H groups in total. The van der Waals surface area contributed by atoms with Crippen molar-refractivity contribution in [2.45, 2.75) is 26.8 Å². The Morgan fingerprint density at radius 1 is 1.16 bits per heavy atom. The van der Waals surface area contributed by atoms with Gasteiger partial charge in [0.05, 0.1) is 39.5 Å². The predicted molar refractivity (Wildman–Crippen MR) is 138 cm³/mol. The normalized spacial score (nSPS) is 15.6. The second-order valence-corrected chi connectivity index (χ2v) is 7.26. The van der Waals surface area contributed by atoms with E-state index in [1.54, 1.807) is 7.11 Å². The van der Waals surface area contributed by atoms with Crippen LogP contribution in [0.3, 0.4) is 0 Å². The summed E-state index contributed by atoms with van der Waals surface area (Å²) in [5.74, 6) is 3.94. The van der Waals surface area contributed by atoms with E-state index in [4.69, 9.17) is 23.6 Å². The molecule has 0 spiro atoms. The molecule has 0 radical (unpaired) electrons. The van der Waals surface area contributed by atoms with Gasteiger partial charge in [-0.15, -0.1) is 24.0 Å². The molecule has 1 unspecified atom stereocenters. The zero-order valence-electron chi connectivity index (χ0n) is 19.3. The van der Waals surface area contributed by atoms with Gasteiger partial charge in [-0.05, 0) is 45.0 Å². The Kier molecular flexibility index (Phi) is 11.1. The molecular weight excluding hydrogens is 523 g/mol. The maximum absolute atomic E-state index is 5.95. The van der Waals surface area contributed by atoms with Crippen LogP contribution in [0.15, 0.2) is 39.7 Å². The summed E-state index contributed by atoms with van der Waals surface area (Å²) >= 11 is 0. The van der Waals surface area contributed by atoms with Crippen molar-refractivity contribution in [1.82, 2.24) is 10.2 Å². The number of hydrogen-bond donors (Lipinski definition) is 2. The molecule has 1 atom stereocenters. The van der Waals surface area contributed by atoms with E-state index in [1.807, 2.05) is 51.1 Å². The van der Waals surface area contributed by atoms with Crippen LogP contribution in [0.2, 0.25) is 0 Å². The van der Waals surface area contributed by atoms with Crippen molar-refractivity contribution in [1.29, 1.82) is 0 Å². The van der Waals surface area contributed by atoms with Crippen LogP contribution in [0.25, 0.3) is 0 Å². The molecule has 1 aliphatic heterocycles. The first kappa shape index (κ1) is 26.3. The number of ether oxygens (including phenoxy) is 3. The standard InChI is InChI=1S/C23H34N4O4.HI/c1-5-24-23(26-18-8-10-21(30-6-2)22(15-18)28-4)25-16-19(20-9-7-17(3)31-20)27-11-13-29-14-12-27;/h7-10,15,19H,5-6,11-14,16H2,1-4H3,(H2,24,25,26);1H. The summed E-state index contributed by atoms with van der Waals surface area (Å²) in [6.45, 7) is 11.0. The number of guanidine groups is 1. The van der Waals surface area contributed by atoms with Gasteiger partial charge in [0.15, 0.2) is 17.5 Å². The molecule has 0 aliphatic carbocycles. The summed E-state index contributed by atoms with van der Waals surface area (Å²) in [6.07, 6.45) is 0. The predicted octanol–water partition coefficient (Wildman–Crippen LogP) is 4.06. The van der Waals surface area contributed by atoms with Crippen molar-refractivity contribution in [3.8, 4) is 11.5 Å². The number of nitrogens with zero attached hydrogens (tertiary/aromatic N) is 2. The van der Waals surface area contributed by atoms with Crippen LogP contribution in [0.1, 0.15) is 31.4 Å². The van der Waals surface area contributed by atoms with Gasteiger partial charge in [0.1, 0.15) is 11.5 Å². The Morgan fingerprint density at radius 2 is 1.94 bits per heavy atom. The van der Waals surface area contributed by atoms with Gasteiger partial charge in [-0.1, -0.05) is 0 Å². The van der Waals surface area contributed by atoms with Gasteiger partial charge in [-0.2, -0.15) is 0 Å². The van der Waals surface area contributed by atoms with Gasteiger partial charge in [0.2, 0.25) is 0 Å². The highest BCUT2D eigenvalue weighted by atomic mass is 127. The second kappa shape index (κ2) is 13.5. The lowest BCUT2D eigenvalue weighted by Gasteiger charge is -2.32. The SMILES string of the molecule is CCNC(=NCC(c1ccc(C)o1)N1CCOCC1)Nc1ccc(OCC)c(OC)c1.I. The summed E-state index contributed by atoms with van der Waals surface area (Å²) in [4.78, 5) is 7.23. The Bertz CT molecular complexity index is 852. The molecule has 2 heterocycles. The Hall–Kier alpha value is -1.98. The zero-order valence-corrected chi connectivity index (χ0v) is 21.7. The Morgan fingerprint density at radius 3 is 2.56 bits per heavy atom. The third kappa shape index (κ3) is 7.28. The van der Waals surface area contributed by atoms with Crippen LogP contribution in [-0.2, 0) is 4.74 Å². The maximum atomic E-state index is 5.95. The van der Waals surface area contributed by atoms with Gasteiger partial charge in [0.25, 0.3) is 0 Å². The molecule has 1 aliphatic rings. The number of furan rings is 1. The van der Waals surface area contributed by atoms with E-state index in [0.717, 1.165) is 55.8 Å². The molecule has 0 amide bonds. The number of aliphatic imine (C=N–C) groups is 1. The average Bonchev–Trinajstić information content (AvgIpc) is 3.21. The lowest BCUT2D eigenvalue weighted by atomic mass is 10.1. The van der Waals surface area contributed by atoms with Crippen LogP contribution < -0.4 is 20.1 Å². The summed E-state index contributed by atoms with van der Waals surface area (Å²) in [5, 5.41) is 6.68. The molecule has 178 valence electrons. The smallest absolute Gasteiger partial charge is 0.195 e. The number of benzene rings is 1. The molecule has 1 aromatic heterocycles. The monoisotopic (exact) mass is 558 g/mol. The first-order valence-corrected chi connectivity index (χ1v) is 10.9. The third-order valence-corrected chi connectivity index (χ3v) is 5.07. The number of hydrogen-bond acceptors (Lipinski definition) is 6. The number of nitrogens with one attached hydrogen (secondary N) is 2. The summed E-state index contributed by atoms with van der Waals surface area (Å²) in [7, 11) is 1.64. The fourth-order valence-electron chi connectivity index (χ4n) is 3.55. The second-order valence-electron chi connectivity index (χ2n) is 7.26. The quantitative estimate of drug-likeness (QED) is 0.273. The number of halogens is 1. The molecule has 9 heteroatoms.